The molecule has 0 bridgehead atoms. The molecule has 1 unspecified atom stereocenters. The highest BCUT2D eigenvalue weighted by atomic mass is 35.5. The lowest BCUT2D eigenvalue weighted by atomic mass is 10.0. The Morgan fingerprint density at radius 2 is 1.65 bits per heavy atom. The second-order valence-electron chi connectivity index (χ2n) is 10.5. The lowest BCUT2D eigenvalue weighted by Gasteiger charge is -2.18. The molecule has 9 nitrogen and oxygen atoms in total. The van der Waals surface area contributed by atoms with Crippen molar-refractivity contribution in [2.24, 2.45) is 0 Å². The molecule has 220 valence electrons. The number of hydrogen-bond acceptors (Lipinski definition) is 6. The maximum Gasteiger partial charge on any atom is 0.242 e. The van der Waals surface area contributed by atoms with Crippen molar-refractivity contribution in [2.45, 2.75) is 36.0 Å². The molecule has 0 spiro atoms. The van der Waals surface area contributed by atoms with Crippen LogP contribution >= 0.6 is 11.6 Å². The first-order valence-electron chi connectivity index (χ1n) is 13.5. The highest BCUT2D eigenvalue weighted by Crippen LogP contribution is 2.31. The predicted molar refractivity (Wildman–Crippen MR) is 165 cm³/mol. The Kier molecular flexibility index (Phi) is 7.59. The molecule has 1 fully saturated rings. The lowest BCUT2D eigenvalue weighted by Crippen LogP contribution is -2.31. The molecule has 5 aromatic rings. The Hall–Kier alpha value is -4.03. The number of halogens is 1. The monoisotopic (exact) mass is 634 g/mol. The van der Waals surface area contributed by atoms with E-state index in [-0.39, 0.29) is 17.7 Å². The molecule has 6 rings (SSSR count). The number of imidazole rings is 1. The number of aromatic amines is 1. The highest BCUT2D eigenvalue weighted by Gasteiger charge is 2.37. The van der Waals surface area contributed by atoms with Crippen LogP contribution in [0.1, 0.15) is 40.2 Å². The van der Waals surface area contributed by atoms with Crippen molar-refractivity contribution < 1.29 is 21.6 Å². The normalized spacial score (nSPS) is 17.2. The third kappa shape index (κ3) is 6.07. The summed E-state index contributed by atoms with van der Waals surface area (Å²) < 4.78 is 56.7. The highest BCUT2D eigenvalue weighted by molar-refractivity contribution is 7.90. The van der Waals surface area contributed by atoms with Gasteiger partial charge in [0.05, 0.1) is 28.4 Å². The Balaban J connectivity index is 1.31. The molecule has 43 heavy (non-hydrogen) atoms. The van der Waals surface area contributed by atoms with Crippen LogP contribution in [0.2, 0.25) is 5.02 Å². The third-order valence-corrected chi connectivity index (χ3v) is 11.1. The Morgan fingerprint density at radius 1 is 0.977 bits per heavy atom. The van der Waals surface area contributed by atoms with E-state index in [0.717, 1.165) is 22.3 Å². The number of amides is 1. The van der Waals surface area contributed by atoms with E-state index in [1.54, 1.807) is 54.6 Å². The van der Waals surface area contributed by atoms with Crippen LogP contribution in [-0.2, 0) is 31.3 Å². The first kappa shape index (κ1) is 29.1. The summed E-state index contributed by atoms with van der Waals surface area (Å²) in [6.45, 7) is 1.87. The lowest BCUT2D eigenvalue weighted by molar-refractivity contribution is -0.118. The van der Waals surface area contributed by atoms with E-state index in [9.17, 15) is 21.6 Å². The zero-order chi connectivity index (χ0) is 30.4. The minimum atomic E-state index is -3.98. The average molecular weight is 635 g/mol. The van der Waals surface area contributed by atoms with Crippen molar-refractivity contribution in [2.75, 3.05) is 0 Å². The molecule has 0 radical (unpaired) electrons. The van der Waals surface area contributed by atoms with Gasteiger partial charge in [0.25, 0.3) is 0 Å². The van der Waals surface area contributed by atoms with Crippen LogP contribution in [0.5, 0.6) is 0 Å². The van der Waals surface area contributed by atoms with E-state index in [2.05, 4.69) is 14.7 Å². The summed E-state index contributed by atoms with van der Waals surface area (Å²) in [4.78, 5) is 19.7. The number of fused-ring (bicyclic) bond motifs is 1. The molecule has 4 aromatic carbocycles. The van der Waals surface area contributed by atoms with E-state index in [1.807, 2.05) is 48.0 Å². The number of sulfonamides is 2. The van der Waals surface area contributed by atoms with Gasteiger partial charge in [-0.25, -0.2) is 26.5 Å². The molecule has 1 aromatic heterocycles. The van der Waals surface area contributed by atoms with Crippen molar-refractivity contribution in [3.8, 4) is 11.1 Å². The summed E-state index contributed by atoms with van der Waals surface area (Å²) >= 11 is 6.32. The fourth-order valence-corrected chi connectivity index (χ4v) is 7.97. The van der Waals surface area contributed by atoms with Crippen LogP contribution in [-0.4, -0.2) is 32.7 Å². The molecular weight excluding hydrogens is 608 g/mol. The molecule has 3 N–H and O–H groups in total. The number of nitrogens with zero attached hydrogens (tertiary/aromatic N) is 1. The van der Waals surface area contributed by atoms with Gasteiger partial charge in [-0.15, -0.1) is 0 Å². The average Bonchev–Trinajstić information content (AvgIpc) is 3.51. The maximum atomic E-state index is 13.6. The SMILES string of the molecule is Cc1cc2nc([C@H](Cc3ccc(C4CC(=O)NS4(=O)=O)cc3)NS(=O)(=O)c3ccc(-c4ccccc4)cc3)[nH]c2cc1Cl. The topological polar surface area (TPSA) is 138 Å². The summed E-state index contributed by atoms with van der Waals surface area (Å²) in [7, 11) is -7.77. The van der Waals surface area contributed by atoms with Gasteiger partial charge in [-0.1, -0.05) is 78.3 Å². The van der Waals surface area contributed by atoms with Crippen molar-refractivity contribution in [1.29, 1.82) is 0 Å². The molecule has 1 aliphatic heterocycles. The van der Waals surface area contributed by atoms with Gasteiger partial charge in [0.1, 0.15) is 11.1 Å². The molecular formula is C31H27ClN4O5S2. The van der Waals surface area contributed by atoms with Crippen LogP contribution in [0.4, 0.5) is 0 Å². The molecule has 1 aliphatic rings. The Labute approximate surface area is 254 Å². The number of carbonyl (C=O) groups excluding carboxylic acids is 1. The second kappa shape index (κ2) is 11.2. The van der Waals surface area contributed by atoms with Crippen molar-refractivity contribution >= 4 is 48.6 Å². The number of aromatic nitrogens is 2. The minimum Gasteiger partial charge on any atom is -0.341 e. The van der Waals surface area contributed by atoms with Gasteiger partial charge in [0.15, 0.2) is 0 Å². The number of H-pyrrole nitrogens is 1. The third-order valence-electron chi connectivity index (χ3n) is 7.47. The van der Waals surface area contributed by atoms with Crippen LogP contribution in [0.25, 0.3) is 22.2 Å². The van der Waals surface area contributed by atoms with E-state index >= 15 is 0 Å². The van der Waals surface area contributed by atoms with Gasteiger partial charge in [0, 0.05) is 5.02 Å². The fraction of sp³-hybridized carbons (Fsp3) is 0.161. The zero-order valence-corrected chi connectivity index (χ0v) is 25.3. The molecule has 2 atom stereocenters. The summed E-state index contributed by atoms with van der Waals surface area (Å²) in [6, 6.07) is 25.9. The number of aryl methyl sites for hydroxylation is 1. The van der Waals surface area contributed by atoms with E-state index in [0.29, 0.717) is 27.4 Å². The first-order valence-corrected chi connectivity index (χ1v) is 16.9. The van der Waals surface area contributed by atoms with Crippen molar-refractivity contribution in [3.05, 3.63) is 119 Å². The number of nitrogens with one attached hydrogen (secondary N) is 3. The van der Waals surface area contributed by atoms with Crippen molar-refractivity contribution in [1.82, 2.24) is 19.4 Å². The largest absolute Gasteiger partial charge is 0.341 e. The van der Waals surface area contributed by atoms with Crippen LogP contribution in [0, 0.1) is 6.92 Å². The second-order valence-corrected chi connectivity index (χ2v) is 14.5. The van der Waals surface area contributed by atoms with Crippen LogP contribution in [0.3, 0.4) is 0 Å². The standard InChI is InChI=1S/C31H27ClN4O5S2/c1-19-15-26-27(17-25(19)32)34-31(33-26)28(16-20-7-9-23(10-8-20)29-18-30(37)36-43(29,40)41)35-42(38,39)24-13-11-22(12-14-24)21-5-3-2-4-6-21/h2-15,17,28-29,35H,16,18H2,1H3,(H,33,34)(H,36,37)/t28-,29?/m0/s1. The summed E-state index contributed by atoms with van der Waals surface area (Å²) in [6.07, 6.45) is 0.0663. The van der Waals surface area contributed by atoms with Gasteiger partial charge in [-0.2, -0.15) is 0 Å². The fourth-order valence-electron chi connectivity index (χ4n) is 5.18. The van der Waals surface area contributed by atoms with Crippen LogP contribution in [0.15, 0.2) is 95.9 Å². The molecule has 0 saturated carbocycles. The number of rotatable bonds is 8. The Bertz CT molecular complexity index is 2010. The van der Waals surface area contributed by atoms with Gasteiger partial charge in [-0.05, 0) is 65.4 Å². The molecule has 12 heteroatoms. The van der Waals surface area contributed by atoms with E-state index in [1.165, 1.54) is 0 Å². The van der Waals surface area contributed by atoms with Gasteiger partial charge >= 0.3 is 0 Å². The van der Waals surface area contributed by atoms with Gasteiger partial charge in [0.2, 0.25) is 26.0 Å². The van der Waals surface area contributed by atoms with Crippen LogP contribution < -0.4 is 9.44 Å². The quantitative estimate of drug-likeness (QED) is 0.211. The smallest absolute Gasteiger partial charge is 0.242 e. The number of carbonyl (C=O) groups is 1. The zero-order valence-electron chi connectivity index (χ0n) is 22.9. The van der Waals surface area contributed by atoms with E-state index in [4.69, 9.17) is 11.6 Å². The molecule has 2 heterocycles. The summed E-state index contributed by atoms with van der Waals surface area (Å²) in [5.41, 5.74) is 5.23. The number of benzene rings is 4. The molecule has 1 saturated heterocycles. The number of hydrogen-bond donors (Lipinski definition) is 3. The molecule has 0 aliphatic carbocycles. The predicted octanol–water partition coefficient (Wildman–Crippen LogP) is 5.34. The summed E-state index contributed by atoms with van der Waals surface area (Å²) in [5, 5.41) is -0.408. The Morgan fingerprint density at radius 3 is 2.30 bits per heavy atom. The maximum absolute atomic E-state index is 13.6. The van der Waals surface area contributed by atoms with Gasteiger partial charge < -0.3 is 4.98 Å². The first-order chi connectivity index (χ1) is 20.5. The van der Waals surface area contributed by atoms with Gasteiger partial charge in [-0.3, -0.25) is 9.52 Å². The minimum absolute atomic E-state index is 0.103. The van der Waals surface area contributed by atoms with Crippen molar-refractivity contribution in [3.63, 3.8) is 0 Å². The summed E-state index contributed by atoms with van der Waals surface area (Å²) in [5.74, 6) is -0.140. The molecule has 1 amide bonds. The van der Waals surface area contributed by atoms with E-state index < -0.39 is 37.2 Å².